The van der Waals surface area contributed by atoms with Crippen molar-refractivity contribution in [1.82, 2.24) is 0 Å². The van der Waals surface area contributed by atoms with Gasteiger partial charge in [0.05, 0.1) is 13.2 Å². The summed E-state index contributed by atoms with van der Waals surface area (Å²) in [5.74, 6) is 1.75. The molecule has 4 nitrogen and oxygen atoms in total. The largest absolute Gasteiger partial charge is 0.493 e. The molecule has 0 amide bonds. The van der Waals surface area contributed by atoms with Crippen LogP contribution in [0.2, 0.25) is 0 Å². The first-order chi connectivity index (χ1) is 13.8. The van der Waals surface area contributed by atoms with Crippen LogP contribution in [-0.2, 0) is 17.7 Å². The summed E-state index contributed by atoms with van der Waals surface area (Å²) in [5.41, 5.74) is 3.55. The molecule has 0 fully saturated rings. The Bertz CT molecular complexity index is 802. The summed E-state index contributed by atoms with van der Waals surface area (Å²) >= 11 is 0. The zero-order valence-corrected chi connectivity index (χ0v) is 16.3. The van der Waals surface area contributed by atoms with Crippen molar-refractivity contribution in [3.8, 4) is 11.5 Å². The number of nitrogens with one attached hydrogen (secondary N) is 1. The topological polar surface area (TPSA) is 39.7 Å². The van der Waals surface area contributed by atoms with Crippen LogP contribution < -0.4 is 14.8 Å². The number of benzene rings is 3. The molecule has 0 saturated carbocycles. The molecule has 3 rings (SSSR count). The minimum absolute atomic E-state index is 0.563. The van der Waals surface area contributed by atoms with E-state index in [1.54, 1.807) is 7.11 Å². The molecule has 0 aliphatic rings. The molecular formula is C24H27NO3. The highest BCUT2D eigenvalue weighted by Gasteiger charge is 1.99. The Labute approximate surface area is 167 Å². The van der Waals surface area contributed by atoms with E-state index in [1.165, 1.54) is 11.1 Å². The lowest BCUT2D eigenvalue weighted by Gasteiger charge is -2.10. The number of rotatable bonds is 11. The average molecular weight is 377 g/mol. The summed E-state index contributed by atoms with van der Waals surface area (Å²) in [5, 5.41) is 3.43. The fourth-order valence-electron chi connectivity index (χ4n) is 2.75. The SMILES string of the molecule is COCCOc1ccc(CNc2ccc(OCCc3ccccc3)cc2)cc1. The van der Waals surface area contributed by atoms with Crippen LogP contribution in [0, 0.1) is 0 Å². The van der Waals surface area contributed by atoms with Crippen molar-refractivity contribution in [2.75, 3.05) is 32.2 Å². The van der Waals surface area contributed by atoms with Crippen LogP contribution in [0.1, 0.15) is 11.1 Å². The van der Waals surface area contributed by atoms with Gasteiger partial charge in [-0.3, -0.25) is 0 Å². The fraction of sp³-hybridized carbons (Fsp3) is 0.250. The van der Waals surface area contributed by atoms with E-state index in [2.05, 4.69) is 41.7 Å². The van der Waals surface area contributed by atoms with Crippen molar-refractivity contribution < 1.29 is 14.2 Å². The second kappa shape index (κ2) is 11.0. The van der Waals surface area contributed by atoms with Crippen molar-refractivity contribution in [1.29, 1.82) is 0 Å². The monoisotopic (exact) mass is 377 g/mol. The predicted molar refractivity (Wildman–Crippen MR) is 113 cm³/mol. The van der Waals surface area contributed by atoms with Gasteiger partial charge < -0.3 is 19.5 Å². The van der Waals surface area contributed by atoms with Gasteiger partial charge in [-0.25, -0.2) is 0 Å². The molecule has 0 heterocycles. The van der Waals surface area contributed by atoms with E-state index in [4.69, 9.17) is 14.2 Å². The number of hydrogen-bond acceptors (Lipinski definition) is 4. The summed E-state index contributed by atoms with van der Waals surface area (Å²) in [6.07, 6.45) is 0.909. The molecule has 0 aliphatic heterocycles. The van der Waals surface area contributed by atoms with Gasteiger partial charge in [0, 0.05) is 25.8 Å². The third kappa shape index (κ3) is 6.63. The van der Waals surface area contributed by atoms with Gasteiger partial charge in [0.15, 0.2) is 0 Å². The molecule has 0 radical (unpaired) electrons. The maximum Gasteiger partial charge on any atom is 0.119 e. The lowest BCUT2D eigenvalue weighted by molar-refractivity contribution is 0.146. The van der Waals surface area contributed by atoms with Crippen LogP contribution in [-0.4, -0.2) is 26.9 Å². The summed E-state index contributed by atoms with van der Waals surface area (Å²) in [6.45, 7) is 2.59. The van der Waals surface area contributed by atoms with Gasteiger partial charge in [0.2, 0.25) is 0 Å². The summed E-state index contributed by atoms with van der Waals surface area (Å²) in [6, 6.07) is 26.6. The molecule has 3 aromatic rings. The molecule has 0 bridgehead atoms. The Hall–Kier alpha value is -2.98. The van der Waals surface area contributed by atoms with Crippen molar-refractivity contribution in [2.24, 2.45) is 0 Å². The van der Waals surface area contributed by atoms with Crippen LogP contribution >= 0.6 is 0 Å². The first-order valence-electron chi connectivity index (χ1n) is 9.55. The van der Waals surface area contributed by atoms with Crippen LogP contribution in [0.5, 0.6) is 11.5 Å². The van der Waals surface area contributed by atoms with E-state index in [-0.39, 0.29) is 0 Å². The maximum absolute atomic E-state index is 5.83. The summed E-state index contributed by atoms with van der Waals surface area (Å²) in [7, 11) is 1.67. The standard InChI is InChI=1S/C24H27NO3/c1-26-17-18-28-23-11-7-21(8-12-23)19-25-22-9-13-24(14-10-22)27-16-15-20-5-3-2-4-6-20/h2-14,25H,15-19H2,1H3. The van der Waals surface area contributed by atoms with Gasteiger partial charge in [-0.2, -0.15) is 0 Å². The second-order valence-corrected chi connectivity index (χ2v) is 6.45. The molecule has 0 saturated heterocycles. The smallest absolute Gasteiger partial charge is 0.119 e. The average Bonchev–Trinajstić information content (AvgIpc) is 2.75. The van der Waals surface area contributed by atoms with E-state index in [9.17, 15) is 0 Å². The summed E-state index contributed by atoms with van der Waals surface area (Å²) in [4.78, 5) is 0. The second-order valence-electron chi connectivity index (χ2n) is 6.45. The number of methoxy groups -OCH3 is 1. The number of hydrogen-bond donors (Lipinski definition) is 1. The molecule has 0 spiro atoms. The van der Waals surface area contributed by atoms with Crippen molar-refractivity contribution in [3.05, 3.63) is 90.0 Å². The highest BCUT2D eigenvalue weighted by atomic mass is 16.5. The first-order valence-corrected chi connectivity index (χ1v) is 9.55. The highest BCUT2D eigenvalue weighted by molar-refractivity contribution is 5.47. The van der Waals surface area contributed by atoms with Crippen molar-refractivity contribution >= 4 is 5.69 Å². The van der Waals surface area contributed by atoms with Gasteiger partial charge >= 0.3 is 0 Å². The van der Waals surface area contributed by atoms with Crippen LogP contribution in [0.3, 0.4) is 0 Å². The minimum Gasteiger partial charge on any atom is -0.493 e. The van der Waals surface area contributed by atoms with Gasteiger partial charge in [-0.05, 0) is 47.5 Å². The highest BCUT2D eigenvalue weighted by Crippen LogP contribution is 2.18. The van der Waals surface area contributed by atoms with E-state index in [0.29, 0.717) is 19.8 Å². The van der Waals surface area contributed by atoms with E-state index >= 15 is 0 Å². The molecule has 1 N–H and O–H groups in total. The van der Waals surface area contributed by atoms with Crippen molar-refractivity contribution in [3.63, 3.8) is 0 Å². The molecule has 0 aromatic heterocycles. The third-order valence-electron chi connectivity index (χ3n) is 4.33. The van der Waals surface area contributed by atoms with Crippen LogP contribution in [0.25, 0.3) is 0 Å². The summed E-state index contributed by atoms with van der Waals surface area (Å²) < 4.78 is 16.4. The Balaban J connectivity index is 1.40. The fourth-order valence-corrected chi connectivity index (χ4v) is 2.75. The van der Waals surface area contributed by atoms with Gasteiger partial charge in [0.1, 0.15) is 18.1 Å². The predicted octanol–water partition coefficient (Wildman–Crippen LogP) is 4.95. The third-order valence-corrected chi connectivity index (χ3v) is 4.33. The van der Waals surface area contributed by atoms with Crippen molar-refractivity contribution in [2.45, 2.75) is 13.0 Å². The quantitative estimate of drug-likeness (QED) is 0.480. The van der Waals surface area contributed by atoms with Gasteiger partial charge in [-0.1, -0.05) is 42.5 Å². The Morgan fingerprint density at radius 1 is 0.643 bits per heavy atom. The first kappa shape index (κ1) is 19.8. The van der Waals surface area contributed by atoms with Gasteiger partial charge in [0.25, 0.3) is 0 Å². The van der Waals surface area contributed by atoms with Crippen LogP contribution in [0.15, 0.2) is 78.9 Å². The molecule has 0 aliphatic carbocycles. The minimum atomic E-state index is 0.563. The van der Waals surface area contributed by atoms with Crippen LogP contribution in [0.4, 0.5) is 5.69 Å². The van der Waals surface area contributed by atoms with E-state index in [1.807, 2.05) is 42.5 Å². The van der Waals surface area contributed by atoms with E-state index in [0.717, 1.165) is 30.2 Å². The molecule has 146 valence electrons. The zero-order chi connectivity index (χ0) is 19.4. The maximum atomic E-state index is 5.83. The number of anilines is 1. The zero-order valence-electron chi connectivity index (χ0n) is 16.3. The lowest BCUT2D eigenvalue weighted by Crippen LogP contribution is -2.04. The molecule has 3 aromatic carbocycles. The molecule has 28 heavy (non-hydrogen) atoms. The Morgan fingerprint density at radius 2 is 1.29 bits per heavy atom. The number of ether oxygens (including phenoxy) is 3. The molecule has 4 heteroatoms. The Morgan fingerprint density at radius 3 is 1.96 bits per heavy atom. The Kier molecular flexibility index (Phi) is 7.77. The van der Waals surface area contributed by atoms with Gasteiger partial charge in [-0.15, -0.1) is 0 Å². The normalized spacial score (nSPS) is 10.5. The van der Waals surface area contributed by atoms with E-state index < -0.39 is 0 Å². The molecular weight excluding hydrogens is 350 g/mol. The molecule has 0 atom stereocenters. The lowest BCUT2D eigenvalue weighted by atomic mass is 10.2. The molecule has 0 unspecified atom stereocenters.